The lowest BCUT2D eigenvalue weighted by Gasteiger charge is -2.40. The number of aromatic nitrogens is 4. The highest BCUT2D eigenvalue weighted by molar-refractivity contribution is 8.00. The van der Waals surface area contributed by atoms with Gasteiger partial charge in [0.05, 0.1) is 6.33 Å². The lowest BCUT2D eigenvalue weighted by molar-refractivity contribution is -0.118. The van der Waals surface area contributed by atoms with Crippen LogP contribution in [-0.4, -0.2) is 57.9 Å². The first-order valence-corrected chi connectivity index (χ1v) is 17.3. The number of carbonyl (C=O) groups excluding carboxylic acids is 1. The van der Waals surface area contributed by atoms with Gasteiger partial charge < -0.3 is 4.43 Å². The number of carbonyl (C=O) groups is 1. The van der Waals surface area contributed by atoms with E-state index in [0.29, 0.717) is 5.65 Å². The molecule has 3 rings (SSSR count). The van der Waals surface area contributed by atoms with Crippen LogP contribution in [0.5, 0.6) is 0 Å². The number of amides is 1. The summed E-state index contributed by atoms with van der Waals surface area (Å²) in [6.07, 6.45) is 1.57. The molecule has 0 aliphatic carbocycles. The summed E-state index contributed by atoms with van der Waals surface area (Å²) in [5.74, 6) is -0.448. The van der Waals surface area contributed by atoms with E-state index < -0.39 is 34.1 Å². The fourth-order valence-electron chi connectivity index (χ4n) is 3.63. The number of H-pyrrole nitrogens is 1. The molecule has 1 aliphatic rings. The molecule has 1 amide bonds. The second-order valence-corrected chi connectivity index (χ2v) is 17.9. The molecule has 1 aliphatic heterocycles. The van der Waals surface area contributed by atoms with Gasteiger partial charge >= 0.3 is 8.03 Å². The quantitative estimate of drug-likeness (QED) is 0.357. The van der Waals surface area contributed by atoms with Crippen LogP contribution in [0.25, 0.3) is 11.2 Å². The second-order valence-electron chi connectivity index (χ2n) is 10.7. The molecule has 2 aromatic heterocycles. The number of aromatic amines is 1. The van der Waals surface area contributed by atoms with Gasteiger partial charge in [-0.15, -0.1) is 16.3 Å². The Kier molecular flexibility index (Phi) is 8.33. The molecule has 2 N–H and O–H groups in total. The van der Waals surface area contributed by atoms with E-state index in [9.17, 15) is 14.2 Å². The molecular formula is C22H37N5O5PSSi+. The highest BCUT2D eigenvalue weighted by Gasteiger charge is 2.53. The standard InChI is InChI=1S/C22H36N5O5PSSi/c1-10-13-15(31-33(7)30)16(32-35(8,9)22(4,5)6)20(34-13)27-11-23-14-17(27)24-21(26-19(14)29)25-18(28)12(2)3/h11-13,15-16,20H,10H2,1-9H3,(H-,24,25,26,28,29)/p+1/t13-,15-,16-,20-/m1/s1. The Hall–Kier alpha value is -1.59. The molecule has 35 heavy (non-hydrogen) atoms. The minimum absolute atomic E-state index is 0.0354. The van der Waals surface area contributed by atoms with E-state index in [1.54, 1.807) is 38.6 Å². The van der Waals surface area contributed by atoms with Crippen LogP contribution in [-0.2, 0) is 18.3 Å². The molecule has 0 radical (unpaired) electrons. The van der Waals surface area contributed by atoms with E-state index in [-0.39, 0.29) is 39.0 Å². The largest absolute Gasteiger partial charge is 0.505 e. The first kappa shape index (κ1) is 28.0. The molecule has 1 saturated heterocycles. The Morgan fingerprint density at radius 1 is 1.34 bits per heavy atom. The average Bonchev–Trinajstić information content (AvgIpc) is 3.28. The predicted octanol–water partition coefficient (Wildman–Crippen LogP) is 4.89. The zero-order valence-corrected chi connectivity index (χ0v) is 24.6. The molecular weight excluding hydrogens is 505 g/mol. The fraction of sp³-hybridized carbons (Fsp3) is 0.727. The third-order valence-corrected chi connectivity index (χ3v) is 13.4. The van der Waals surface area contributed by atoms with Gasteiger partial charge in [-0.25, -0.2) is 4.98 Å². The fourth-order valence-corrected chi connectivity index (χ4v) is 7.29. The van der Waals surface area contributed by atoms with Crippen LogP contribution >= 0.6 is 19.8 Å². The van der Waals surface area contributed by atoms with Gasteiger partial charge in [0.1, 0.15) is 11.5 Å². The molecule has 10 nitrogen and oxygen atoms in total. The number of hydrogen-bond acceptors (Lipinski definition) is 8. The van der Waals surface area contributed by atoms with Crippen LogP contribution in [0.4, 0.5) is 5.95 Å². The van der Waals surface area contributed by atoms with Crippen LogP contribution in [0.1, 0.15) is 53.3 Å². The smallest absolute Gasteiger partial charge is 0.408 e. The van der Waals surface area contributed by atoms with Gasteiger partial charge in [-0.1, -0.05) is 41.5 Å². The van der Waals surface area contributed by atoms with E-state index in [1.165, 1.54) is 0 Å². The van der Waals surface area contributed by atoms with E-state index in [1.807, 2.05) is 4.57 Å². The maximum atomic E-state index is 12.7. The van der Waals surface area contributed by atoms with Gasteiger partial charge in [0, 0.05) is 11.2 Å². The van der Waals surface area contributed by atoms with Crippen LogP contribution in [0.15, 0.2) is 11.1 Å². The summed E-state index contributed by atoms with van der Waals surface area (Å²) < 4.78 is 26.8. The molecule has 5 atom stereocenters. The lowest BCUT2D eigenvalue weighted by Crippen LogP contribution is -2.48. The molecule has 0 aromatic carbocycles. The molecule has 0 saturated carbocycles. The molecule has 2 aromatic rings. The SMILES string of the molecule is CC[C@H]1S[C@@H](n2cnc3c(=O)[nH]c(NC(=O)C(C)C)nc32)[C@H](O[Si](C)(C)C(C)(C)C)[C@@H]1O[P+](C)=O. The average molecular weight is 543 g/mol. The summed E-state index contributed by atoms with van der Waals surface area (Å²) in [6, 6.07) is 0. The van der Waals surface area contributed by atoms with Crippen molar-refractivity contribution in [2.45, 2.75) is 88.9 Å². The van der Waals surface area contributed by atoms with Crippen molar-refractivity contribution in [1.29, 1.82) is 0 Å². The summed E-state index contributed by atoms with van der Waals surface area (Å²) in [6.45, 7) is 18.0. The minimum Gasteiger partial charge on any atom is -0.408 e. The maximum absolute atomic E-state index is 12.7. The van der Waals surface area contributed by atoms with Crippen molar-refractivity contribution < 1.29 is 18.3 Å². The van der Waals surface area contributed by atoms with Gasteiger partial charge in [0.2, 0.25) is 11.9 Å². The zero-order chi connectivity index (χ0) is 26.3. The summed E-state index contributed by atoms with van der Waals surface area (Å²) in [4.78, 5) is 36.4. The van der Waals surface area contributed by atoms with Crippen molar-refractivity contribution in [3.05, 3.63) is 16.7 Å². The Balaban J connectivity index is 2.11. The summed E-state index contributed by atoms with van der Waals surface area (Å²) in [5, 5.41) is 2.35. The highest BCUT2D eigenvalue weighted by Crippen LogP contribution is 2.51. The number of fused-ring (bicyclic) bond motifs is 1. The minimum atomic E-state index is -2.25. The van der Waals surface area contributed by atoms with Crippen molar-refractivity contribution in [3.63, 3.8) is 0 Å². The van der Waals surface area contributed by atoms with Gasteiger partial charge in [0.25, 0.3) is 5.56 Å². The number of thioether (sulfide) groups is 1. The molecule has 3 heterocycles. The van der Waals surface area contributed by atoms with E-state index >= 15 is 0 Å². The summed E-state index contributed by atoms with van der Waals surface area (Å²) in [5.41, 5.74) is 0.0953. The van der Waals surface area contributed by atoms with Crippen molar-refractivity contribution in [2.75, 3.05) is 12.0 Å². The van der Waals surface area contributed by atoms with Gasteiger partial charge in [0.15, 0.2) is 32.3 Å². The van der Waals surface area contributed by atoms with Crippen LogP contribution in [0.3, 0.4) is 0 Å². The van der Waals surface area contributed by atoms with Crippen molar-refractivity contribution in [1.82, 2.24) is 19.5 Å². The molecule has 13 heteroatoms. The maximum Gasteiger partial charge on any atom is 0.505 e. The number of rotatable bonds is 8. The topological polar surface area (TPSA) is 128 Å². The number of nitrogens with zero attached hydrogens (tertiary/aromatic N) is 3. The van der Waals surface area contributed by atoms with E-state index in [4.69, 9.17) is 8.95 Å². The van der Waals surface area contributed by atoms with E-state index in [2.05, 4.69) is 61.1 Å². The number of anilines is 1. The lowest BCUT2D eigenvalue weighted by atomic mass is 10.1. The Bertz CT molecular complexity index is 1160. The van der Waals surface area contributed by atoms with Crippen LogP contribution in [0, 0.1) is 5.92 Å². The van der Waals surface area contributed by atoms with Crippen molar-refractivity contribution >= 4 is 51.1 Å². The molecule has 1 unspecified atom stereocenters. The highest BCUT2D eigenvalue weighted by atomic mass is 32.2. The molecule has 194 valence electrons. The van der Waals surface area contributed by atoms with Gasteiger partial charge in [-0.05, 0) is 29.1 Å². The van der Waals surface area contributed by atoms with Gasteiger partial charge in [-0.3, -0.25) is 24.5 Å². The third kappa shape index (κ3) is 5.88. The first-order valence-electron chi connectivity index (χ1n) is 11.8. The molecule has 0 bridgehead atoms. The predicted molar refractivity (Wildman–Crippen MR) is 143 cm³/mol. The van der Waals surface area contributed by atoms with Crippen LogP contribution in [0.2, 0.25) is 18.1 Å². The number of nitrogens with one attached hydrogen (secondary N) is 2. The molecule has 0 spiro atoms. The van der Waals surface area contributed by atoms with Gasteiger partial charge in [-0.2, -0.15) is 4.98 Å². The molecule has 1 fully saturated rings. The van der Waals surface area contributed by atoms with E-state index in [0.717, 1.165) is 6.42 Å². The second kappa shape index (κ2) is 10.4. The monoisotopic (exact) mass is 542 g/mol. The normalized spacial score (nSPS) is 23.8. The summed E-state index contributed by atoms with van der Waals surface area (Å²) in [7, 11) is -4.10. The first-order chi connectivity index (χ1) is 16.2. The number of imidazole rings is 1. The third-order valence-electron chi connectivity index (χ3n) is 6.67. The number of hydrogen-bond donors (Lipinski definition) is 2. The Labute approximate surface area is 212 Å². The van der Waals surface area contributed by atoms with Crippen molar-refractivity contribution in [2.24, 2.45) is 5.92 Å². The van der Waals surface area contributed by atoms with Crippen LogP contribution < -0.4 is 10.9 Å². The Morgan fingerprint density at radius 3 is 2.54 bits per heavy atom. The van der Waals surface area contributed by atoms with Crippen molar-refractivity contribution in [3.8, 4) is 0 Å². The zero-order valence-electron chi connectivity index (χ0n) is 21.9. The summed E-state index contributed by atoms with van der Waals surface area (Å²) >= 11 is 1.65. The Morgan fingerprint density at radius 2 is 2.00 bits per heavy atom.